The Kier molecular flexibility index (Phi) is 3.60. The number of hydrogen-bond donors (Lipinski definition) is 2. The molecule has 0 heterocycles. The molecule has 2 aromatic carbocycles. The molecule has 4 heteroatoms. The fourth-order valence-electron chi connectivity index (χ4n) is 1.87. The van der Waals surface area contributed by atoms with Crippen LogP contribution in [0.3, 0.4) is 0 Å². The normalized spacial score (nSPS) is 10.4. The van der Waals surface area contributed by atoms with Gasteiger partial charge in [0.05, 0.1) is 5.02 Å². The summed E-state index contributed by atoms with van der Waals surface area (Å²) in [5.41, 5.74) is 3.04. The minimum Gasteiger partial charge on any atom is -0.506 e. The molecule has 2 rings (SSSR count). The minimum atomic E-state index is -0.0832. The van der Waals surface area contributed by atoms with Crippen LogP contribution >= 0.6 is 23.2 Å². The molecule has 0 aliphatic heterocycles. The summed E-state index contributed by atoms with van der Waals surface area (Å²) < 4.78 is 0. The van der Waals surface area contributed by atoms with E-state index in [0.29, 0.717) is 10.6 Å². The second-order valence-corrected chi connectivity index (χ2v) is 4.79. The first-order valence-electron chi connectivity index (χ1n) is 5.33. The van der Waals surface area contributed by atoms with Gasteiger partial charge in [-0.2, -0.15) is 0 Å². The van der Waals surface area contributed by atoms with Crippen molar-refractivity contribution >= 4 is 29.4 Å². The third kappa shape index (κ3) is 2.22. The zero-order valence-electron chi connectivity index (χ0n) is 9.67. The summed E-state index contributed by atoms with van der Waals surface area (Å²) in [6.07, 6.45) is 1.07. The Morgan fingerprint density at radius 1 is 1.17 bits per heavy atom. The number of hydrogen-bond acceptors (Lipinski definition) is 2. The Hall–Kier alpha value is -1.51. The van der Waals surface area contributed by atoms with Crippen molar-refractivity contribution < 1.29 is 5.11 Å². The zero-order chi connectivity index (χ0) is 13.3. The first-order valence-corrected chi connectivity index (χ1v) is 6.08. The highest BCUT2D eigenvalue weighted by molar-refractivity contribution is 6.34. The third-order valence-electron chi connectivity index (χ3n) is 2.76. The lowest BCUT2D eigenvalue weighted by atomic mass is 9.98. The molecule has 0 aromatic heterocycles. The number of phenols is 1. The molecule has 0 fully saturated rings. The number of phenolic OH excluding ortho intramolecular Hbond substituents is 1. The van der Waals surface area contributed by atoms with Crippen LogP contribution in [0.1, 0.15) is 11.1 Å². The molecule has 0 aliphatic rings. The van der Waals surface area contributed by atoms with Crippen molar-refractivity contribution in [3.05, 3.63) is 51.5 Å². The molecule has 2 nitrogen and oxygen atoms in total. The molecule has 0 aliphatic carbocycles. The smallest absolute Gasteiger partial charge is 0.142 e. The van der Waals surface area contributed by atoms with Crippen molar-refractivity contribution in [1.82, 2.24) is 0 Å². The van der Waals surface area contributed by atoms with Gasteiger partial charge in [0.15, 0.2) is 0 Å². The quantitative estimate of drug-likeness (QED) is 0.771. The van der Waals surface area contributed by atoms with Crippen LogP contribution < -0.4 is 0 Å². The molecule has 2 aromatic rings. The van der Waals surface area contributed by atoms with E-state index in [9.17, 15) is 5.11 Å². The second-order valence-electron chi connectivity index (χ2n) is 3.97. The van der Waals surface area contributed by atoms with Crippen molar-refractivity contribution in [3.8, 4) is 16.9 Å². The lowest BCUT2D eigenvalue weighted by molar-refractivity contribution is 0.475. The molecule has 0 atom stereocenters. The predicted octanol–water partition coefficient (Wildman–Crippen LogP) is 4.67. The van der Waals surface area contributed by atoms with Crippen LogP contribution in [0.2, 0.25) is 10.0 Å². The van der Waals surface area contributed by atoms with Gasteiger partial charge in [-0.15, -0.1) is 0 Å². The lowest BCUT2D eigenvalue weighted by Gasteiger charge is -2.11. The Labute approximate surface area is 115 Å². The van der Waals surface area contributed by atoms with E-state index in [1.54, 1.807) is 18.2 Å². The van der Waals surface area contributed by atoms with Gasteiger partial charge in [0, 0.05) is 22.4 Å². The van der Waals surface area contributed by atoms with E-state index in [1.165, 1.54) is 0 Å². The molecule has 0 spiro atoms. The third-order valence-corrected chi connectivity index (χ3v) is 3.36. The summed E-state index contributed by atoms with van der Waals surface area (Å²) in [6, 6.07) is 8.97. The average Bonchev–Trinajstić information content (AvgIpc) is 2.33. The molecule has 2 N–H and O–H groups in total. The zero-order valence-corrected chi connectivity index (χ0v) is 11.2. The van der Waals surface area contributed by atoms with Crippen LogP contribution in [0.25, 0.3) is 11.1 Å². The van der Waals surface area contributed by atoms with Crippen LogP contribution in [0, 0.1) is 12.3 Å². The van der Waals surface area contributed by atoms with Crippen LogP contribution in [0.4, 0.5) is 0 Å². The molecule has 0 saturated heterocycles. The van der Waals surface area contributed by atoms with Gasteiger partial charge in [-0.05, 0) is 36.2 Å². The van der Waals surface area contributed by atoms with Gasteiger partial charge in [0.1, 0.15) is 5.75 Å². The Balaban J connectivity index is 2.72. The van der Waals surface area contributed by atoms with Crippen LogP contribution in [-0.4, -0.2) is 11.3 Å². The van der Waals surface area contributed by atoms with Crippen LogP contribution in [0.15, 0.2) is 30.3 Å². The van der Waals surface area contributed by atoms with Crippen molar-refractivity contribution in [1.29, 1.82) is 5.41 Å². The number of aryl methyl sites for hydroxylation is 1. The van der Waals surface area contributed by atoms with Gasteiger partial charge in [-0.1, -0.05) is 35.3 Å². The average molecular weight is 280 g/mol. The van der Waals surface area contributed by atoms with Gasteiger partial charge in [-0.3, -0.25) is 0 Å². The topological polar surface area (TPSA) is 44.1 Å². The van der Waals surface area contributed by atoms with Crippen LogP contribution in [-0.2, 0) is 0 Å². The molecule has 18 heavy (non-hydrogen) atoms. The van der Waals surface area contributed by atoms with Crippen molar-refractivity contribution in [2.24, 2.45) is 0 Å². The van der Waals surface area contributed by atoms with E-state index < -0.39 is 0 Å². The summed E-state index contributed by atoms with van der Waals surface area (Å²) in [5.74, 6) is -0.0832. The SMILES string of the molecule is Cc1cccc(Cl)c1-c1cc(Cl)c(O)c(C=N)c1. The predicted molar refractivity (Wildman–Crippen MR) is 76.2 cm³/mol. The molecule has 0 saturated carbocycles. The molecular weight excluding hydrogens is 269 g/mol. The molecule has 0 radical (unpaired) electrons. The standard InChI is InChI=1S/C14H11Cl2NO/c1-8-3-2-4-11(15)13(8)9-5-10(7-17)14(18)12(16)6-9/h2-7,17-18H,1H3. The van der Waals surface area contributed by atoms with Gasteiger partial charge < -0.3 is 10.5 Å². The number of aromatic hydroxyl groups is 1. The first kappa shape index (κ1) is 12.9. The van der Waals surface area contributed by atoms with Gasteiger partial charge >= 0.3 is 0 Å². The highest BCUT2D eigenvalue weighted by atomic mass is 35.5. The fraction of sp³-hybridized carbons (Fsp3) is 0.0714. The lowest BCUT2D eigenvalue weighted by Crippen LogP contribution is -1.89. The fourth-order valence-corrected chi connectivity index (χ4v) is 2.43. The van der Waals surface area contributed by atoms with Gasteiger partial charge in [-0.25, -0.2) is 0 Å². The van der Waals surface area contributed by atoms with E-state index in [2.05, 4.69) is 0 Å². The number of halogens is 2. The Morgan fingerprint density at radius 2 is 1.89 bits per heavy atom. The molecule has 0 amide bonds. The first-order chi connectivity index (χ1) is 8.54. The second kappa shape index (κ2) is 5.01. The molecule has 0 unspecified atom stereocenters. The van der Waals surface area contributed by atoms with Crippen LogP contribution in [0.5, 0.6) is 5.75 Å². The highest BCUT2D eigenvalue weighted by Crippen LogP contribution is 2.37. The van der Waals surface area contributed by atoms with Crippen molar-refractivity contribution in [2.45, 2.75) is 6.92 Å². The Bertz CT molecular complexity index is 603. The summed E-state index contributed by atoms with van der Waals surface area (Å²) >= 11 is 12.1. The largest absolute Gasteiger partial charge is 0.506 e. The molecule has 92 valence electrons. The summed E-state index contributed by atoms with van der Waals surface area (Å²) in [6.45, 7) is 1.95. The minimum absolute atomic E-state index is 0.0832. The number of benzene rings is 2. The summed E-state index contributed by atoms with van der Waals surface area (Å²) in [7, 11) is 0. The van der Waals surface area contributed by atoms with Crippen molar-refractivity contribution in [2.75, 3.05) is 0 Å². The Morgan fingerprint density at radius 3 is 2.50 bits per heavy atom. The maximum absolute atomic E-state index is 9.69. The maximum Gasteiger partial charge on any atom is 0.142 e. The monoisotopic (exact) mass is 279 g/mol. The highest BCUT2D eigenvalue weighted by Gasteiger charge is 2.12. The van der Waals surface area contributed by atoms with E-state index in [4.69, 9.17) is 28.6 Å². The van der Waals surface area contributed by atoms with E-state index in [0.717, 1.165) is 22.9 Å². The van der Waals surface area contributed by atoms with Gasteiger partial charge in [0.25, 0.3) is 0 Å². The summed E-state index contributed by atoms with van der Waals surface area (Å²) in [4.78, 5) is 0. The summed E-state index contributed by atoms with van der Waals surface area (Å²) in [5, 5.41) is 17.8. The van der Waals surface area contributed by atoms with E-state index in [1.807, 2.05) is 19.1 Å². The maximum atomic E-state index is 9.69. The van der Waals surface area contributed by atoms with E-state index >= 15 is 0 Å². The van der Waals surface area contributed by atoms with E-state index in [-0.39, 0.29) is 10.8 Å². The number of rotatable bonds is 2. The van der Waals surface area contributed by atoms with Gasteiger partial charge in [0.2, 0.25) is 0 Å². The van der Waals surface area contributed by atoms with Crippen molar-refractivity contribution in [3.63, 3.8) is 0 Å². The molecular formula is C14H11Cl2NO. The molecule has 0 bridgehead atoms. The number of nitrogens with one attached hydrogen (secondary N) is 1.